The highest BCUT2D eigenvalue weighted by Crippen LogP contribution is 2.23. The van der Waals surface area contributed by atoms with Gasteiger partial charge >= 0.3 is 0 Å². The average Bonchev–Trinajstić information content (AvgIpc) is 3.10. The molecule has 1 fully saturated rings. The van der Waals surface area contributed by atoms with Crippen LogP contribution in [0.1, 0.15) is 71.6 Å². The molecule has 0 saturated carbocycles. The topological polar surface area (TPSA) is 134 Å². The van der Waals surface area contributed by atoms with Crippen LogP contribution in [0.25, 0.3) is 0 Å². The summed E-state index contributed by atoms with van der Waals surface area (Å²) in [6.45, 7) is 5.32. The number of ketones is 1. The Morgan fingerprint density at radius 1 is 0.939 bits per heavy atom. The average molecular weight is 667 g/mol. The first-order chi connectivity index (χ1) is 23.6. The molecule has 2 aliphatic heterocycles. The van der Waals surface area contributed by atoms with E-state index in [9.17, 15) is 24.0 Å². The number of nitrogens with zero attached hydrogens (tertiary/aromatic N) is 1. The van der Waals surface area contributed by atoms with Crippen molar-refractivity contribution in [2.75, 3.05) is 19.7 Å². The van der Waals surface area contributed by atoms with Crippen molar-refractivity contribution < 1.29 is 28.7 Å². The lowest BCUT2D eigenvalue weighted by atomic mass is 9.94. The monoisotopic (exact) mass is 666 g/mol. The van der Waals surface area contributed by atoms with E-state index in [4.69, 9.17) is 4.74 Å². The second-order valence-electron chi connectivity index (χ2n) is 13.1. The van der Waals surface area contributed by atoms with Gasteiger partial charge in [-0.2, -0.15) is 0 Å². The lowest BCUT2D eigenvalue weighted by molar-refractivity contribution is -0.138. The van der Waals surface area contributed by atoms with Crippen molar-refractivity contribution in [3.8, 4) is 5.75 Å². The number of fused-ring (bicyclic) bond motifs is 4. The number of benzene rings is 3. The summed E-state index contributed by atoms with van der Waals surface area (Å²) in [5.41, 5.74) is 4.13. The molecule has 5 rings (SSSR count). The summed E-state index contributed by atoms with van der Waals surface area (Å²) in [7, 11) is 0. The lowest BCUT2D eigenvalue weighted by Crippen LogP contribution is -2.55. The van der Waals surface area contributed by atoms with E-state index in [2.05, 4.69) is 16.0 Å². The standard InChI is InChI=1S/C39H46N4O6/c1-26-10-16-33-22-32(26)24-40-38(47)34(17-13-28-7-4-3-5-8-28)42-39(48)35(23-37(46)43-19-6-9-30(25-43)18-20-49-33)41-36(45)21-29-11-14-31(15-12-29)27(2)44/h3-5,7-8,10-12,14-16,22,30,34-35H,6,9,13,17-21,23-25H2,1-2H3,(H,40,47)(H,41,45)(H,42,48)/t30?,34-,35-/m0/s1. The van der Waals surface area contributed by atoms with E-state index in [0.29, 0.717) is 43.7 Å². The number of ether oxygens (including phenoxy) is 1. The SMILES string of the molecule is CC(=O)c1ccc(CC(=O)N[C@H]2CC(=O)N3CCCC(CCOc4ccc(C)c(c4)CNC(=O)[C@H](CCc4ccccc4)NC2=O)C3)cc1. The van der Waals surface area contributed by atoms with E-state index in [1.54, 1.807) is 29.2 Å². The number of hydrogen-bond donors (Lipinski definition) is 3. The Labute approximate surface area is 288 Å². The smallest absolute Gasteiger partial charge is 0.243 e. The zero-order chi connectivity index (χ0) is 34.8. The number of carbonyl (C=O) groups is 5. The van der Waals surface area contributed by atoms with E-state index in [0.717, 1.165) is 41.7 Å². The predicted octanol–water partition coefficient (Wildman–Crippen LogP) is 4.07. The summed E-state index contributed by atoms with van der Waals surface area (Å²) < 4.78 is 6.11. The highest BCUT2D eigenvalue weighted by molar-refractivity contribution is 5.96. The van der Waals surface area contributed by atoms with Crippen molar-refractivity contribution >= 4 is 29.4 Å². The van der Waals surface area contributed by atoms with E-state index < -0.39 is 23.9 Å². The fourth-order valence-corrected chi connectivity index (χ4v) is 6.40. The van der Waals surface area contributed by atoms with Crippen molar-refractivity contribution in [3.05, 3.63) is 101 Å². The van der Waals surface area contributed by atoms with Gasteiger partial charge in [-0.3, -0.25) is 24.0 Å². The van der Waals surface area contributed by atoms with Crippen LogP contribution in [0.3, 0.4) is 0 Å². The van der Waals surface area contributed by atoms with Crippen LogP contribution in [0.5, 0.6) is 5.75 Å². The summed E-state index contributed by atoms with van der Waals surface area (Å²) in [5.74, 6) is -0.734. The molecule has 3 N–H and O–H groups in total. The van der Waals surface area contributed by atoms with Crippen LogP contribution >= 0.6 is 0 Å². The molecule has 2 heterocycles. The molecule has 10 heteroatoms. The quantitative estimate of drug-likeness (QED) is 0.326. The third-order valence-corrected chi connectivity index (χ3v) is 9.39. The Morgan fingerprint density at radius 2 is 1.71 bits per heavy atom. The molecular weight excluding hydrogens is 620 g/mol. The van der Waals surface area contributed by atoms with Crippen LogP contribution in [0.15, 0.2) is 72.8 Å². The van der Waals surface area contributed by atoms with Crippen molar-refractivity contribution in [2.24, 2.45) is 5.92 Å². The number of hydrogen-bond acceptors (Lipinski definition) is 6. The molecule has 3 atom stereocenters. The Bertz CT molecular complexity index is 1640. The van der Waals surface area contributed by atoms with E-state index in [1.165, 1.54) is 6.92 Å². The molecule has 49 heavy (non-hydrogen) atoms. The van der Waals surface area contributed by atoms with Crippen LogP contribution in [0.2, 0.25) is 0 Å². The Morgan fingerprint density at radius 3 is 2.47 bits per heavy atom. The normalized spacial score (nSPS) is 20.6. The van der Waals surface area contributed by atoms with Crippen LogP contribution < -0.4 is 20.7 Å². The van der Waals surface area contributed by atoms with Gasteiger partial charge in [0.1, 0.15) is 17.8 Å². The molecule has 4 amide bonds. The van der Waals surface area contributed by atoms with Gasteiger partial charge in [0, 0.05) is 25.2 Å². The van der Waals surface area contributed by atoms with E-state index in [1.807, 2.05) is 55.5 Å². The molecule has 2 aliphatic rings. The largest absolute Gasteiger partial charge is 0.494 e. The summed E-state index contributed by atoms with van der Waals surface area (Å²) in [4.78, 5) is 68.1. The molecule has 1 unspecified atom stereocenters. The van der Waals surface area contributed by atoms with Gasteiger partial charge in [0.2, 0.25) is 23.6 Å². The number of carbonyl (C=O) groups excluding carboxylic acids is 5. The molecule has 3 aromatic carbocycles. The van der Waals surface area contributed by atoms with Crippen molar-refractivity contribution in [1.82, 2.24) is 20.9 Å². The minimum Gasteiger partial charge on any atom is -0.494 e. The highest BCUT2D eigenvalue weighted by atomic mass is 16.5. The van der Waals surface area contributed by atoms with Gasteiger partial charge in [0.25, 0.3) is 0 Å². The Hall–Kier alpha value is -4.99. The molecular formula is C39H46N4O6. The van der Waals surface area contributed by atoms with Gasteiger partial charge < -0.3 is 25.6 Å². The number of amides is 4. The maximum atomic E-state index is 14.0. The first-order valence-corrected chi connectivity index (χ1v) is 17.2. The number of piperidine rings is 1. The molecule has 4 bridgehead atoms. The minimum absolute atomic E-state index is 0.0434. The summed E-state index contributed by atoms with van der Waals surface area (Å²) in [6, 6.07) is 20.1. The number of nitrogens with one attached hydrogen (secondary N) is 3. The summed E-state index contributed by atoms with van der Waals surface area (Å²) in [5, 5.41) is 8.65. The summed E-state index contributed by atoms with van der Waals surface area (Å²) in [6.07, 6.45) is 3.16. The van der Waals surface area contributed by atoms with Gasteiger partial charge in [-0.05, 0) is 86.3 Å². The second-order valence-corrected chi connectivity index (χ2v) is 13.1. The molecule has 0 aromatic heterocycles. The van der Waals surface area contributed by atoms with Crippen LogP contribution in [-0.2, 0) is 38.6 Å². The van der Waals surface area contributed by atoms with Crippen molar-refractivity contribution in [3.63, 3.8) is 0 Å². The molecule has 0 spiro atoms. The lowest BCUT2D eigenvalue weighted by Gasteiger charge is -2.34. The van der Waals surface area contributed by atoms with Gasteiger partial charge in [0.05, 0.1) is 19.4 Å². The molecule has 1 saturated heterocycles. The fraction of sp³-hybridized carbons (Fsp3) is 0.410. The van der Waals surface area contributed by atoms with Crippen LogP contribution in [0, 0.1) is 12.8 Å². The summed E-state index contributed by atoms with van der Waals surface area (Å²) >= 11 is 0. The number of aryl methyl sites for hydroxylation is 2. The van der Waals surface area contributed by atoms with Gasteiger partial charge in [0.15, 0.2) is 5.78 Å². The first-order valence-electron chi connectivity index (χ1n) is 17.2. The molecule has 10 nitrogen and oxygen atoms in total. The van der Waals surface area contributed by atoms with E-state index >= 15 is 0 Å². The molecule has 258 valence electrons. The van der Waals surface area contributed by atoms with Crippen molar-refractivity contribution in [1.29, 1.82) is 0 Å². The molecule has 0 radical (unpaired) electrons. The zero-order valence-corrected chi connectivity index (χ0v) is 28.3. The first kappa shape index (κ1) is 35.3. The molecule has 0 aliphatic carbocycles. The minimum atomic E-state index is -1.19. The second kappa shape index (κ2) is 16.9. The zero-order valence-electron chi connectivity index (χ0n) is 28.3. The number of Topliss-reactive ketones (excluding diaryl/α,β-unsaturated/α-hetero) is 1. The van der Waals surface area contributed by atoms with Crippen LogP contribution in [-0.4, -0.2) is 66.1 Å². The molecule has 3 aromatic rings. The third kappa shape index (κ3) is 10.2. The number of rotatable bonds is 7. The van der Waals surface area contributed by atoms with Crippen molar-refractivity contribution in [2.45, 2.75) is 77.4 Å². The highest BCUT2D eigenvalue weighted by Gasteiger charge is 2.32. The van der Waals surface area contributed by atoms with Crippen LogP contribution in [0.4, 0.5) is 0 Å². The Kier molecular flexibility index (Phi) is 12.2. The maximum absolute atomic E-state index is 14.0. The predicted molar refractivity (Wildman–Crippen MR) is 186 cm³/mol. The maximum Gasteiger partial charge on any atom is 0.243 e. The Balaban J connectivity index is 1.39. The van der Waals surface area contributed by atoms with Gasteiger partial charge in [-0.1, -0.05) is 60.7 Å². The van der Waals surface area contributed by atoms with E-state index in [-0.39, 0.29) is 42.9 Å². The fourth-order valence-electron chi connectivity index (χ4n) is 6.40. The third-order valence-electron chi connectivity index (χ3n) is 9.39. The van der Waals surface area contributed by atoms with Gasteiger partial charge in [-0.15, -0.1) is 0 Å². The van der Waals surface area contributed by atoms with Gasteiger partial charge in [-0.25, -0.2) is 0 Å².